The number of ether oxygens (including phenoxy) is 3. The Balaban J connectivity index is 1.60. The topological polar surface area (TPSA) is 86.9 Å². The number of para-hydroxylation sites is 1. The monoisotopic (exact) mass is 409 g/mol. The van der Waals surface area contributed by atoms with Gasteiger partial charge in [0.15, 0.2) is 11.5 Å². The van der Waals surface area contributed by atoms with Crippen LogP contribution in [0.3, 0.4) is 0 Å². The van der Waals surface area contributed by atoms with Crippen molar-refractivity contribution >= 4 is 5.91 Å². The number of carbonyl (C=O) groups is 1. The summed E-state index contributed by atoms with van der Waals surface area (Å²) in [6.45, 7) is 0.621. The molecule has 0 aliphatic carbocycles. The molecular formula is C22H23N3O5. The van der Waals surface area contributed by atoms with Crippen molar-refractivity contribution in [3.8, 4) is 28.6 Å². The average molecular weight is 409 g/mol. The smallest absolute Gasteiger partial charge is 0.258 e. The molecule has 1 fully saturated rings. The van der Waals surface area contributed by atoms with Gasteiger partial charge in [-0.05, 0) is 43.2 Å². The predicted molar refractivity (Wildman–Crippen MR) is 109 cm³/mol. The Morgan fingerprint density at radius 1 is 1.03 bits per heavy atom. The Bertz CT molecular complexity index is 1050. The summed E-state index contributed by atoms with van der Waals surface area (Å²) in [6.07, 6.45) is 1.62. The van der Waals surface area contributed by atoms with Gasteiger partial charge in [-0.2, -0.15) is 4.98 Å². The molecule has 0 N–H and O–H groups in total. The van der Waals surface area contributed by atoms with Crippen molar-refractivity contribution in [1.82, 2.24) is 15.0 Å². The quantitative estimate of drug-likeness (QED) is 0.613. The summed E-state index contributed by atoms with van der Waals surface area (Å²) < 4.78 is 21.5. The van der Waals surface area contributed by atoms with E-state index in [1.807, 2.05) is 18.2 Å². The molecule has 1 unspecified atom stereocenters. The van der Waals surface area contributed by atoms with Crippen molar-refractivity contribution in [3.05, 3.63) is 53.9 Å². The van der Waals surface area contributed by atoms with Crippen LogP contribution >= 0.6 is 0 Å². The van der Waals surface area contributed by atoms with Crippen LogP contribution in [0, 0.1) is 0 Å². The fourth-order valence-corrected chi connectivity index (χ4v) is 3.71. The van der Waals surface area contributed by atoms with Crippen molar-refractivity contribution in [2.75, 3.05) is 27.9 Å². The number of nitrogens with zero attached hydrogens (tertiary/aromatic N) is 3. The minimum Gasteiger partial charge on any atom is -0.496 e. The van der Waals surface area contributed by atoms with Gasteiger partial charge in [-0.15, -0.1) is 0 Å². The first-order valence-corrected chi connectivity index (χ1v) is 9.66. The summed E-state index contributed by atoms with van der Waals surface area (Å²) in [4.78, 5) is 19.5. The predicted octanol–water partition coefficient (Wildman–Crippen LogP) is 3.74. The molecule has 1 aromatic heterocycles. The third kappa shape index (κ3) is 3.56. The van der Waals surface area contributed by atoms with Crippen molar-refractivity contribution in [2.24, 2.45) is 0 Å². The van der Waals surface area contributed by atoms with E-state index < -0.39 is 0 Å². The van der Waals surface area contributed by atoms with E-state index >= 15 is 0 Å². The van der Waals surface area contributed by atoms with Crippen molar-refractivity contribution in [1.29, 1.82) is 0 Å². The molecule has 0 spiro atoms. The molecule has 0 bridgehead atoms. The van der Waals surface area contributed by atoms with Gasteiger partial charge in [0.1, 0.15) is 11.8 Å². The lowest BCUT2D eigenvalue weighted by atomic mass is 10.1. The molecule has 8 heteroatoms. The van der Waals surface area contributed by atoms with Gasteiger partial charge in [0.25, 0.3) is 5.91 Å². The Labute approximate surface area is 174 Å². The first-order valence-electron chi connectivity index (χ1n) is 9.66. The van der Waals surface area contributed by atoms with Crippen LogP contribution in [0.5, 0.6) is 17.2 Å². The summed E-state index contributed by atoms with van der Waals surface area (Å²) in [5.74, 6) is 2.48. The van der Waals surface area contributed by atoms with Gasteiger partial charge in [-0.3, -0.25) is 4.79 Å². The molecule has 156 valence electrons. The van der Waals surface area contributed by atoms with Crippen LogP contribution in [-0.4, -0.2) is 48.8 Å². The van der Waals surface area contributed by atoms with Crippen LogP contribution in [0.15, 0.2) is 47.0 Å². The molecule has 1 aliphatic heterocycles. The molecule has 1 atom stereocenters. The van der Waals surface area contributed by atoms with E-state index in [4.69, 9.17) is 18.7 Å². The van der Waals surface area contributed by atoms with Crippen LogP contribution in [0.1, 0.15) is 35.1 Å². The van der Waals surface area contributed by atoms with E-state index in [0.717, 1.165) is 18.4 Å². The highest BCUT2D eigenvalue weighted by molar-refractivity contribution is 5.97. The first kappa shape index (κ1) is 19.8. The van der Waals surface area contributed by atoms with E-state index in [1.165, 1.54) is 0 Å². The molecule has 0 saturated carbocycles. The van der Waals surface area contributed by atoms with Crippen LogP contribution in [0.25, 0.3) is 11.4 Å². The van der Waals surface area contributed by atoms with Gasteiger partial charge < -0.3 is 23.6 Å². The summed E-state index contributed by atoms with van der Waals surface area (Å²) in [7, 11) is 4.71. The van der Waals surface area contributed by atoms with Crippen molar-refractivity contribution < 1.29 is 23.5 Å². The highest BCUT2D eigenvalue weighted by Crippen LogP contribution is 2.36. The van der Waals surface area contributed by atoms with Gasteiger partial charge in [0.2, 0.25) is 11.7 Å². The van der Waals surface area contributed by atoms with Gasteiger partial charge in [0, 0.05) is 12.1 Å². The van der Waals surface area contributed by atoms with E-state index in [2.05, 4.69) is 10.1 Å². The maximum atomic E-state index is 13.2. The number of hydrogen-bond donors (Lipinski definition) is 0. The Hall–Kier alpha value is -3.55. The molecule has 2 aromatic carbocycles. The molecular weight excluding hydrogens is 386 g/mol. The second kappa shape index (κ2) is 8.44. The normalized spacial score (nSPS) is 15.8. The maximum absolute atomic E-state index is 13.2. The number of methoxy groups -OCH3 is 3. The fourth-order valence-electron chi connectivity index (χ4n) is 3.71. The van der Waals surface area contributed by atoms with E-state index in [0.29, 0.717) is 41.1 Å². The Morgan fingerprint density at radius 2 is 1.80 bits per heavy atom. The number of hydrogen-bond acceptors (Lipinski definition) is 7. The standard InChI is InChI=1S/C22H23N3O5/c1-27-17-9-5-4-7-15(17)22(26)25-12-6-8-16(25)21-23-20(24-30-21)14-10-11-18(28-2)19(13-14)29-3/h4-5,7,9-11,13,16H,6,8,12H2,1-3H3. The number of likely N-dealkylation sites (tertiary alicyclic amines) is 1. The minimum absolute atomic E-state index is 0.110. The molecule has 3 aromatic rings. The lowest BCUT2D eigenvalue weighted by molar-refractivity contribution is 0.0706. The van der Waals surface area contributed by atoms with Gasteiger partial charge in [-0.1, -0.05) is 17.3 Å². The molecule has 2 heterocycles. The van der Waals surface area contributed by atoms with Crippen molar-refractivity contribution in [2.45, 2.75) is 18.9 Å². The number of benzene rings is 2. The Morgan fingerprint density at radius 3 is 2.57 bits per heavy atom. The van der Waals surface area contributed by atoms with E-state index in [1.54, 1.807) is 50.5 Å². The number of amides is 1. The highest BCUT2D eigenvalue weighted by Gasteiger charge is 2.35. The SMILES string of the molecule is COc1ccc(-c2noc(C3CCCN3C(=O)c3ccccc3OC)n2)cc1OC. The number of rotatable bonds is 6. The zero-order valence-electron chi connectivity index (χ0n) is 17.1. The largest absolute Gasteiger partial charge is 0.496 e. The fraction of sp³-hybridized carbons (Fsp3) is 0.318. The summed E-state index contributed by atoms with van der Waals surface area (Å²) in [5, 5.41) is 4.12. The molecule has 1 aliphatic rings. The summed E-state index contributed by atoms with van der Waals surface area (Å²) >= 11 is 0. The zero-order valence-corrected chi connectivity index (χ0v) is 17.1. The minimum atomic E-state index is -0.274. The van der Waals surface area contributed by atoms with Crippen LogP contribution < -0.4 is 14.2 Å². The second-order valence-corrected chi connectivity index (χ2v) is 6.88. The van der Waals surface area contributed by atoms with Crippen LogP contribution in [0.2, 0.25) is 0 Å². The first-order chi connectivity index (χ1) is 14.7. The highest BCUT2D eigenvalue weighted by atomic mass is 16.5. The molecule has 8 nitrogen and oxygen atoms in total. The lowest BCUT2D eigenvalue weighted by Crippen LogP contribution is -2.31. The third-order valence-electron chi connectivity index (χ3n) is 5.22. The van der Waals surface area contributed by atoms with Gasteiger partial charge in [0.05, 0.1) is 26.9 Å². The summed E-state index contributed by atoms with van der Waals surface area (Å²) in [6, 6.07) is 12.3. The van der Waals surface area contributed by atoms with Crippen molar-refractivity contribution in [3.63, 3.8) is 0 Å². The average Bonchev–Trinajstić information content (AvgIpc) is 3.47. The molecule has 1 amide bonds. The molecule has 0 radical (unpaired) electrons. The van der Waals surface area contributed by atoms with E-state index in [9.17, 15) is 4.79 Å². The third-order valence-corrected chi connectivity index (χ3v) is 5.22. The summed E-state index contributed by atoms with van der Waals surface area (Å²) in [5.41, 5.74) is 1.26. The lowest BCUT2D eigenvalue weighted by Gasteiger charge is -2.22. The Kier molecular flexibility index (Phi) is 5.56. The molecule has 1 saturated heterocycles. The number of aromatic nitrogens is 2. The van der Waals surface area contributed by atoms with Gasteiger partial charge >= 0.3 is 0 Å². The zero-order chi connectivity index (χ0) is 21.1. The number of carbonyl (C=O) groups excluding carboxylic acids is 1. The maximum Gasteiger partial charge on any atom is 0.258 e. The second-order valence-electron chi connectivity index (χ2n) is 6.88. The van der Waals surface area contributed by atoms with E-state index in [-0.39, 0.29) is 11.9 Å². The molecule has 4 rings (SSSR count). The van der Waals surface area contributed by atoms with Gasteiger partial charge in [-0.25, -0.2) is 0 Å². The molecule has 30 heavy (non-hydrogen) atoms. The van der Waals surface area contributed by atoms with Crippen LogP contribution in [-0.2, 0) is 0 Å². The van der Waals surface area contributed by atoms with Crippen LogP contribution in [0.4, 0.5) is 0 Å².